The van der Waals surface area contributed by atoms with Crippen molar-refractivity contribution in [1.82, 2.24) is 9.55 Å². The van der Waals surface area contributed by atoms with Crippen LogP contribution in [0.15, 0.2) is 12.4 Å². The Morgan fingerprint density at radius 1 is 1.45 bits per heavy atom. The van der Waals surface area contributed by atoms with Gasteiger partial charge in [-0.1, -0.05) is 19.8 Å². The summed E-state index contributed by atoms with van der Waals surface area (Å²) in [6, 6.07) is 0.210. The SMILES string of the molecule is CCC(N)Cc1nccn1CC1CCC2(CCCC2)O1. The number of nitrogens with two attached hydrogens (primary N) is 1. The lowest BCUT2D eigenvalue weighted by molar-refractivity contribution is -0.0420. The highest BCUT2D eigenvalue weighted by molar-refractivity contribution is 4.98. The van der Waals surface area contributed by atoms with Gasteiger partial charge in [-0.05, 0) is 32.1 Å². The molecule has 4 heteroatoms. The van der Waals surface area contributed by atoms with Crippen LogP contribution in [0.4, 0.5) is 0 Å². The molecule has 1 saturated heterocycles. The summed E-state index contributed by atoms with van der Waals surface area (Å²) in [6.07, 6.45) is 13.8. The van der Waals surface area contributed by atoms with Gasteiger partial charge in [0.1, 0.15) is 5.82 Å². The van der Waals surface area contributed by atoms with Crippen LogP contribution in [-0.2, 0) is 17.7 Å². The molecule has 2 aliphatic rings. The molecule has 20 heavy (non-hydrogen) atoms. The minimum atomic E-state index is 0.210. The second kappa shape index (κ2) is 5.86. The fraction of sp³-hybridized carbons (Fsp3) is 0.812. The zero-order valence-corrected chi connectivity index (χ0v) is 12.6. The van der Waals surface area contributed by atoms with Gasteiger partial charge in [0.2, 0.25) is 0 Å². The molecule has 0 radical (unpaired) electrons. The van der Waals surface area contributed by atoms with Crippen LogP contribution in [-0.4, -0.2) is 27.3 Å². The van der Waals surface area contributed by atoms with E-state index in [2.05, 4.69) is 22.7 Å². The third-order valence-corrected chi connectivity index (χ3v) is 5.02. The number of nitrogens with zero attached hydrogens (tertiary/aromatic N) is 2. The van der Waals surface area contributed by atoms with Gasteiger partial charge in [-0.15, -0.1) is 0 Å². The van der Waals surface area contributed by atoms with Crippen LogP contribution in [0.3, 0.4) is 0 Å². The van der Waals surface area contributed by atoms with Crippen molar-refractivity contribution in [1.29, 1.82) is 0 Å². The Hall–Kier alpha value is -0.870. The van der Waals surface area contributed by atoms with E-state index in [0.717, 1.165) is 25.2 Å². The van der Waals surface area contributed by atoms with E-state index in [9.17, 15) is 0 Å². The minimum Gasteiger partial charge on any atom is -0.370 e. The number of hydrogen-bond acceptors (Lipinski definition) is 3. The lowest BCUT2D eigenvalue weighted by atomic mass is 9.98. The van der Waals surface area contributed by atoms with Gasteiger partial charge in [0.15, 0.2) is 0 Å². The summed E-state index contributed by atoms with van der Waals surface area (Å²) in [5.41, 5.74) is 6.28. The summed E-state index contributed by atoms with van der Waals surface area (Å²) in [6.45, 7) is 3.06. The van der Waals surface area contributed by atoms with E-state index in [-0.39, 0.29) is 11.6 Å². The van der Waals surface area contributed by atoms with Crippen molar-refractivity contribution in [2.24, 2.45) is 5.73 Å². The van der Waals surface area contributed by atoms with Gasteiger partial charge < -0.3 is 15.0 Å². The first-order valence-corrected chi connectivity index (χ1v) is 8.14. The maximum atomic E-state index is 6.39. The molecule has 1 spiro atoms. The second-order valence-electron chi connectivity index (χ2n) is 6.54. The van der Waals surface area contributed by atoms with Gasteiger partial charge in [0.05, 0.1) is 18.2 Å². The lowest BCUT2D eigenvalue weighted by Crippen LogP contribution is -2.28. The molecule has 0 amide bonds. The first kappa shape index (κ1) is 14.1. The first-order valence-electron chi connectivity index (χ1n) is 8.14. The molecular weight excluding hydrogens is 250 g/mol. The van der Waals surface area contributed by atoms with Crippen molar-refractivity contribution in [3.63, 3.8) is 0 Å². The summed E-state index contributed by atoms with van der Waals surface area (Å²) >= 11 is 0. The maximum Gasteiger partial charge on any atom is 0.110 e. The topological polar surface area (TPSA) is 53.1 Å². The second-order valence-corrected chi connectivity index (χ2v) is 6.54. The van der Waals surface area contributed by atoms with Crippen molar-refractivity contribution in [2.75, 3.05) is 0 Å². The zero-order valence-electron chi connectivity index (χ0n) is 12.6. The molecule has 2 unspecified atom stereocenters. The first-order chi connectivity index (χ1) is 9.71. The monoisotopic (exact) mass is 277 g/mol. The molecule has 1 aliphatic carbocycles. The van der Waals surface area contributed by atoms with Crippen LogP contribution in [0, 0.1) is 0 Å². The fourth-order valence-electron chi connectivity index (χ4n) is 3.71. The van der Waals surface area contributed by atoms with E-state index in [1.807, 2.05) is 6.20 Å². The summed E-state index contributed by atoms with van der Waals surface area (Å²) in [5.74, 6) is 1.11. The average Bonchev–Trinajstić information content (AvgIpc) is 3.16. The molecule has 2 N–H and O–H groups in total. The molecule has 1 aromatic heterocycles. The molecule has 0 aromatic carbocycles. The average molecular weight is 277 g/mol. The van der Waals surface area contributed by atoms with E-state index in [4.69, 9.17) is 10.5 Å². The Kier molecular flexibility index (Phi) is 4.13. The van der Waals surface area contributed by atoms with Gasteiger partial charge in [-0.2, -0.15) is 0 Å². The Bertz CT molecular complexity index is 437. The third kappa shape index (κ3) is 2.91. The largest absolute Gasteiger partial charge is 0.370 e. The summed E-state index contributed by atoms with van der Waals surface area (Å²) in [4.78, 5) is 4.46. The van der Waals surface area contributed by atoms with Crippen LogP contribution in [0.2, 0.25) is 0 Å². The third-order valence-electron chi connectivity index (χ3n) is 5.02. The Morgan fingerprint density at radius 2 is 2.25 bits per heavy atom. The van der Waals surface area contributed by atoms with Crippen LogP contribution < -0.4 is 5.73 Å². The van der Waals surface area contributed by atoms with Crippen molar-refractivity contribution < 1.29 is 4.74 Å². The summed E-state index contributed by atoms with van der Waals surface area (Å²) in [5, 5.41) is 0. The predicted molar refractivity (Wildman–Crippen MR) is 79.5 cm³/mol. The van der Waals surface area contributed by atoms with E-state index in [0.29, 0.717) is 6.10 Å². The maximum absolute atomic E-state index is 6.39. The number of aromatic nitrogens is 2. The van der Waals surface area contributed by atoms with Gasteiger partial charge in [0, 0.05) is 24.9 Å². The quantitative estimate of drug-likeness (QED) is 0.900. The van der Waals surface area contributed by atoms with E-state index >= 15 is 0 Å². The predicted octanol–water partition coefficient (Wildman–Crippen LogP) is 2.65. The van der Waals surface area contributed by atoms with Crippen molar-refractivity contribution in [3.8, 4) is 0 Å². The molecule has 2 heterocycles. The van der Waals surface area contributed by atoms with Crippen molar-refractivity contribution >= 4 is 0 Å². The van der Waals surface area contributed by atoms with Crippen molar-refractivity contribution in [3.05, 3.63) is 18.2 Å². The van der Waals surface area contributed by atoms with Crippen LogP contribution in [0.5, 0.6) is 0 Å². The zero-order chi connectivity index (χ0) is 14.0. The molecule has 2 fully saturated rings. The standard InChI is InChI=1S/C16H27N3O/c1-2-13(17)11-15-18-9-10-19(15)12-14-5-8-16(20-14)6-3-4-7-16/h9-10,13-14H,2-8,11-12,17H2,1H3. The number of rotatable bonds is 5. The molecule has 1 aliphatic heterocycles. The molecule has 1 aromatic rings. The summed E-state index contributed by atoms with van der Waals surface area (Å²) in [7, 11) is 0. The smallest absolute Gasteiger partial charge is 0.110 e. The Balaban J connectivity index is 1.60. The summed E-state index contributed by atoms with van der Waals surface area (Å²) < 4.78 is 8.63. The van der Waals surface area contributed by atoms with Crippen LogP contribution in [0.25, 0.3) is 0 Å². The van der Waals surface area contributed by atoms with Gasteiger partial charge in [0.25, 0.3) is 0 Å². The highest BCUT2D eigenvalue weighted by Crippen LogP contribution is 2.43. The molecule has 1 saturated carbocycles. The minimum absolute atomic E-state index is 0.210. The Morgan fingerprint density at radius 3 is 3.00 bits per heavy atom. The molecular formula is C16H27N3O. The fourth-order valence-corrected chi connectivity index (χ4v) is 3.71. The Labute approximate surface area is 121 Å². The highest BCUT2D eigenvalue weighted by atomic mass is 16.5. The van der Waals surface area contributed by atoms with Gasteiger partial charge in [-0.3, -0.25) is 0 Å². The highest BCUT2D eigenvalue weighted by Gasteiger charge is 2.42. The number of hydrogen-bond donors (Lipinski definition) is 1. The molecule has 2 atom stereocenters. The molecule has 0 bridgehead atoms. The molecule has 3 rings (SSSR count). The molecule has 4 nitrogen and oxygen atoms in total. The normalized spacial score (nSPS) is 26.4. The van der Waals surface area contributed by atoms with Crippen LogP contribution in [0.1, 0.15) is 57.7 Å². The van der Waals surface area contributed by atoms with E-state index < -0.39 is 0 Å². The van der Waals surface area contributed by atoms with E-state index in [1.165, 1.54) is 38.5 Å². The van der Waals surface area contributed by atoms with Gasteiger partial charge in [-0.25, -0.2) is 4.98 Å². The van der Waals surface area contributed by atoms with Crippen LogP contribution >= 0.6 is 0 Å². The van der Waals surface area contributed by atoms with Gasteiger partial charge >= 0.3 is 0 Å². The lowest BCUT2D eigenvalue weighted by Gasteiger charge is -2.24. The number of imidazole rings is 1. The van der Waals surface area contributed by atoms with E-state index in [1.54, 1.807) is 0 Å². The molecule has 112 valence electrons. The van der Waals surface area contributed by atoms with Crippen molar-refractivity contribution in [2.45, 2.75) is 82.6 Å². The number of ether oxygens (including phenoxy) is 1.